The summed E-state index contributed by atoms with van der Waals surface area (Å²) in [6.07, 6.45) is 3.00. The number of hydrogen-bond acceptors (Lipinski definition) is 8. The van der Waals surface area contributed by atoms with E-state index >= 15 is 0 Å². The maximum Gasteiger partial charge on any atom is 2.00 e. The Kier molecular flexibility index (Phi) is 467. The van der Waals surface area contributed by atoms with Gasteiger partial charge in [0, 0.05) is 0 Å². The Morgan fingerprint density at radius 1 is 0.538 bits per heavy atom. The van der Waals surface area contributed by atoms with Gasteiger partial charge in [-0.25, -0.2) is 40.8 Å². The van der Waals surface area contributed by atoms with E-state index in [1.54, 1.807) is 0 Å². The van der Waals surface area contributed by atoms with Gasteiger partial charge < -0.3 is 0 Å². The Morgan fingerprint density at radius 2 is 0.538 bits per heavy atom. The van der Waals surface area contributed by atoms with Crippen LogP contribution in [0.1, 0.15) is 0 Å². The predicted octanol–water partition coefficient (Wildman–Crippen LogP) is -0.399. The molecule has 1 radical (unpaired) electrons. The Balaban J connectivity index is -0.0000000213. The van der Waals surface area contributed by atoms with Crippen molar-refractivity contribution in [1.29, 1.82) is 21.6 Å². The smallest absolute Gasteiger partial charge is 0.222 e. The summed E-state index contributed by atoms with van der Waals surface area (Å²) in [6, 6.07) is 0. The first-order valence-electron chi connectivity index (χ1n) is 1.82. The molecule has 8 nitrogen and oxygen atoms in total. The second kappa shape index (κ2) is 199. The minimum atomic E-state index is 0. The van der Waals surface area contributed by atoms with E-state index in [4.69, 9.17) is 40.8 Å². The zero-order valence-corrected chi connectivity index (χ0v) is 7.01. The van der Waals surface area contributed by atoms with Gasteiger partial charge in [-0.15, -0.1) is 0 Å². The van der Waals surface area contributed by atoms with Gasteiger partial charge in [-0.05, 0) is 0 Å². The van der Waals surface area contributed by atoms with E-state index in [0.717, 1.165) is 24.3 Å². The van der Waals surface area contributed by atoms with Crippen LogP contribution < -0.4 is 0 Å². The van der Waals surface area contributed by atoms with E-state index in [1.165, 1.54) is 0 Å². The van der Waals surface area contributed by atoms with E-state index < -0.39 is 0 Å². The van der Waals surface area contributed by atoms with Crippen molar-refractivity contribution in [3.8, 4) is 0 Å². The molecule has 0 amide bonds. The molecule has 0 aliphatic carbocycles. The normalized spacial score (nSPS) is 2.46. The Morgan fingerprint density at radius 3 is 0.538 bits per heavy atom. The molecule has 4 N–H and O–H groups in total. The van der Waals surface area contributed by atoms with Crippen LogP contribution in [0.15, 0.2) is 0 Å². The third-order valence-corrected chi connectivity index (χ3v) is 0. The molecule has 0 unspecified atom stereocenters. The fourth-order valence-corrected chi connectivity index (χ4v) is 0. The van der Waals surface area contributed by atoms with Crippen molar-refractivity contribution in [1.82, 2.24) is 0 Å². The van der Waals surface area contributed by atoms with Crippen LogP contribution in [0.25, 0.3) is 0 Å². The maximum atomic E-state index is 8.35. The predicted molar refractivity (Wildman–Crippen MR) is 33.7 cm³/mol. The van der Waals surface area contributed by atoms with Crippen LogP contribution in [0.3, 0.4) is 0 Å². The molecule has 0 aromatic rings. The molecule has 71 valence electrons. The van der Waals surface area contributed by atoms with E-state index in [1.807, 2.05) is 0 Å². The van der Waals surface area contributed by atoms with Gasteiger partial charge in [0.25, 0.3) is 0 Å². The molecule has 0 spiro atoms. The molecule has 0 atom stereocenters. The molecule has 0 saturated carbocycles. The average molecular weight is 231 g/mol. The van der Waals surface area contributed by atoms with E-state index in [2.05, 4.69) is 0 Å². The first-order valence-corrected chi connectivity index (χ1v) is 1.82. The third-order valence-electron chi connectivity index (χ3n) is 0. The molecule has 9 heteroatoms. The zero-order chi connectivity index (χ0) is 10.8. The monoisotopic (exact) mass is 231 g/mol. The molecule has 0 fully saturated rings. The van der Waals surface area contributed by atoms with Crippen LogP contribution in [-0.2, 0) is 36.0 Å². The summed E-state index contributed by atoms with van der Waals surface area (Å²) < 4.78 is 0. The van der Waals surface area contributed by atoms with E-state index in [-0.39, 0.29) is 16.8 Å². The number of rotatable bonds is 0. The molecule has 0 rings (SSSR count). The quantitative estimate of drug-likeness (QED) is 0.329. The molecule has 13 heavy (non-hydrogen) atoms. The molecule has 0 saturated heterocycles. The first-order chi connectivity index (χ1) is 5.66. The average Bonchev–Trinajstić information content (AvgIpc) is 1.92. The van der Waals surface area contributed by atoms with E-state index in [9.17, 15) is 0 Å². The zero-order valence-electron chi connectivity index (χ0n) is 5.97. The van der Waals surface area contributed by atoms with Crippen molar-refractivity contribution < 1.29 is 36.0 Å². The van der Waals surface area contributed by atoms with Crippen molar-refractivity contribution in [3.63, 3.8) is 0 Å². The van der Waals surface area contributed by atoms with Crippen LogP contribution in [0, 0.1) is 21.6 Å². The molecule has 0 aliphatic heterocycles. The Labute approximate surface area is 82.6 Å². The van der Waals surface area contributed by atoms with Crippen LogP contribution in [0.5, 0.6) is 0 Å². The second-order valence-electron chi connectivity index (χ2n) is 0.408. The minimum absolute atomic E-state index is 0. The van der Waals surface area contributed by atoms with Crippen LogP contribution in [0.2, 0.25) is 0 Å². The van der Waals surface area contributed by atoms with Gasteiger partial charge >= 0.3 is 16.8 Å². The van der Waals surface area contributed by atoms with Gasteiger partial charge in [-0.1, -0.05) is 0 Å². The Bertz CT molecular complexity index is 156. The molecular formula is C4H4CoN4O4+2. The third kappa shape index (κ3) is 166. The molecule has 0 aromatic heterocycles. The summed E-state index contributed by atoms with van der Waals surface area (Å²) in [4.78, 5) is 33.4. The van der Waals surface area contributed by atoms with Gasteiger partial charge in [-0.2, -0.15) is 0 Å². The van der Waals surface area contributed by atoms with Gasteiger partial charge in [0.2, 0.25) is 24.3 Å². The SMILES string of the molecule is N=C=O.N=C=O.N=C=O.N=C=O.[Co+2]. The Hall–Kier alpha value is -1.97. The standard InChI is InChI=1S/4CHNO.Co/c4*2-1-3;/h4*2H;/q;;;;+2. The summed E-state index contributed by atoms with van der Waals surface area (Å²) in [5.74, 6) is 0. The summed E-state index contributed by atoms with van der Waals surface area (Å²) in [5.41, 5.74) is 0. The minimum Gasteiger partial charge on any atom is -0.222 e. The van der Waals surface area contributed by atoms with Crippen LogP contribution >= 0.6 is 0 Å². The molecule has 0 heterocycles. The summed E-state index contributed by atoms with van der Waals surface area (Å²) in [7, 11) is 0. The van der Waals surface area contributed by atoms with Crippen molar-refractivity contribution >= 4 is 24.3 Å². The van der Waals surface area contributed by atoms with Crippen molar-refractivity contribution in [2.45, 2.75) is 0 Å². The second-order valence-corrected chi connectivity index (χ2v) is 0.408. The van der Waals surface area contributed by atoms with Gasteiger partial charge in [0.05, 0.1) is 0 Å². The first kappa shape index (κ1) is 30.5. The molecule has 0 bridgehead atoms. The molecular weight excluding hydrogens is 227 g/mol. The molecule has 0 aliphatic rings. The number of hydrogen-bond donors (Lipinski definition) is 4. The van der Waals surface area contributed by atoms with Crippen LogP contribution in [-0.4, -0.2) is 24.3 Å². The van der Waals surface area contributed by atoms with Gasteiger partial charge in [0.15, 0.2) is 0 Å². The fourth-order valence-electron chi connectivity index (χ4n) is 0. The van der Waals surface area contributed by atoms with Gasteiger partial charge in [0.1, 0.15) is 0 Å². The fraction of sp³-hybridized carbons (Fsp3) is 0. The topological polar surface area (TPSA) is 164 Å². The largest absolute Gasteiger partial charge is 2.00 e. The maximum absolute atomic E-state index is 8.35. The number of nitrogens with one attached hydrogen (secondary N) is 4. The van der Waals surface area contributed by atoms with Crippen molar-refractivity contribution in [2.24, 2.45) is 0 Å². The van der Waals surface area contributed by atoms with E-state index in [0.29, 0.717) is 0 Å². The summed E-state index contributed by atoms with van der Waals surface area (Å²) in [6.45, 7) is 0. The van der Waals surface area contributed by atoms with Gasteiger partial charge in [-0.3, -0.25) is 0 Å². The number of carbonyl (C=O) groups excluding carboxylic acids is 4. The summed E-state index contributed by atoms with van der Waals surface area (Å²) in [5, 5.41) is 21.6. The number of isocyanates is 4. The van der Waals surface area contributed by atoms with Crippen LogP contribution in [0.4, 0.5) is 0 Å². The van der Waals surface area contributed by atoms with Crippen molar-refractivity contribution in [2.75, 3.05) is 0 Å². The van der Waals surface area contributed by atoms with Crippen molar-refractivity contribution in [3.05, 3.63) is 0 Å². The molecule has 0 aromatic carbocycles. The summed E-state index contributed by atoms with van der Waals surface area (Å²) >= 11 is 0.